The molecule has 1 aliphatic heterocycles. The third-order valence-electron chi connectivity index (χ3n) is 7.65. The Hall–Kier alpha value is -2.99. The number of rotatable bonds is 17. The van der Waals surface area contributed by atoms with Crippen LogP contribution in [-0.2, 0) is 19.4 Å². The monoisotopic (exact) mass is 616 g/mol. The number of carbonyl (C=O) groups is 2. The molecule has 4 N–H and O–H groups in total. The average molecular weight is 617 g/mol. The number of hydrogen-bond donors (Lipinski definition) is 4. The maximum absolute atomic E-state index is 13.0. The topological polar surface area (TPSA) is 137 Å². The van der Waals surface area contributed by atoms with Gasteiger partial charge in [0.1, 0.15) is 11.8 Å². The number of amides is 2. The summed E-state index contributed by atoms with van der Waals surface area (Å²) in [5, 5.41) is 20.3. The van der Waals surface area contributed by atoms with Crippen molar-refractivity contribution in [3.8, 4) is 5.75 Å². The fourth-order valence-corrected chi connectivity index (χ4v) is 6.91. The summed E-state index contributed by atoms with van der Waals surface area (Å²) in [7, 11) is -2.23. The van der Waals surface area contributed by atoms with Gasteiger partial charge in [-0.25, -0.2) is 8.42 Å². The number of aliphatic hydroxyl groups is 1. The fraction of sp³-hybridized carbons (Fsp3) is 0.562. The zero-order valence-electron chi connectivity index (χ0n) is 25.8. The van der Waals surface area contributed by atoms with Crippen molar-refractivity contribution in [1.29, 1.82) is 0 Å². The fourth-order valence-electron chi connectivity index (χ4n) is 5.27. The largest absolute Gasteiger partial charge is 0.497 e. The van der Waals surface area contributed by atoms with E-state index in [0.29, 0.717) is 31.7 Å². The van der Waals surface area contributed by atoms with E-state index in [4.69, 9.17) is 4.74 Å². The van der Waals surface area contributed by atoms with Crippen LogP contribution in [0, 0.1) is 5.92 Å². The molecular formula is C32H48N4O6S. The summed E-state index contributed by atoms with van der Waals surface area (Å²) < 4.78 is 31.1. The van der Waals surface area contributed by atoms with Crippen molar-refractivity contribution >= 4 is 21.7 Å². The number of ether oxygens (including phenoxy) is 1. The highest BCUT2D eigenvalue weighted by atomic mass is 32.2. The number of nitrogens with one attached hydrogen (secondary N) is 3. The minimum atomic E-state index is -3.74. The van der Waals surface area contributed by atoms with Gasteiger partial charge in [-0.3, -0.25) is 14.5 Å². The Labute approximate surface area is 256 Å². The molecule has 0 saturated carbocycles. The second-order valence-corrected chi connectivity index (χ2v) is 14.0. The number of benzene rings is 2. The van der Waals surface area contributed by atoms with E-state index in [1.54, 1.807) is 12.1 Å². The van der Waals surface area contributed by atoms with Crippen LogP contribution in [0.25, 0.3) is 0 Å². The molecular weight excluding hydrogens is 568 g/mol. The summed E-state index contributed by atoms with van der Waals surface area (Å²) in [5.74, 6) is -0.295. The quantitative estimate of drug-likeness (QED) is 0.199. The van der Waals surface area contributed by atoms with Crippen molar-refractivity contribution in [3.63, 3.8) is 0 Å². The molecule has 0 radical (unpaired) electrons. The molecule has 0 aromatic heterocycles. The average Bonchev–Trinajstić information content (AvgIpc) is 3.48. The van der Waals surface area contributed by atoms with Gasteiger partial charge in [0.15, 0.2) is 9.84 Å². The lowest BCUT2D eigenvalue weighted by Gasteiger charge is -2.28. The summed E-state index contributed by atoms with van der Waals surface area (Å²) in [6, 6.07) is 15.0. The third kappa shape index (κ3) is 11.2. The standard InChI is InChI=1S/C32H48N4O6S/c1-24(2)30(35-29(37)21-36-19-8-9-20-36)31(38)33-18-10-13-28(25-11-6-5-7-12-25)34-22-32(3,39)23-43(40,41)27-16-14-26(42-4)15-17-27/h5-7,11-12,14-17,24,28,30,34,39H,8-10,13,18-23H2,1-4H3,(H,33,38)(H,35,37)/t28-,30-,32+/m0/s1. The number of carbonyl (C=O) groups excluding carboxylic acids is 2. The van der Waals surface area contributed by atoms with E-state index >= 15 is 0 Å². The van der Waals surface area contributed by atoms with Gasteiger partial charge in [0.05, 0.1) is 29.9 Å². The van der Waals surface area contributed by atoms with Crippen LogP contribution >= 0.6 is 0 Å². The van der Waals surface area contributed by atoms with Crippen LogP contribution in [0.2, 0.25) is 0 Å². The molecule has 2 amide bonds. The van der Waals surface area contributed by atoms with E-state index in [0.717, 1.165) is 31.5 Å². The molecule has 2 aromatic carbocycles. The summed E-state index contributed by atoms with van der Waals surface area (Å²) in [6.45, 7) is 7.93. The minimum Gasteiger partial charge on any atom is -0.497 e. The van der Waals surface area contributed by atoms with Crippen LogP contribution in [-0.4, -0.2) is 87.5 Å². The second-order valence-electron chi connectivity index (χ2n) is 12.0. The van der Waals surface area contributed by atoms with Crippen LogP contribution in [0.3, 0.4) is 0 Å². The predicted molar refractivity (Wildman–Crippen MR) is 168 cm³/mol. The number of likely N-dealkylation sites (tertiary alicyclic amines) is 1. The van der Waals surface area contributed by atoms with E-state index in [2.05, 4.69) is 20.9 Å². The smallest absolute Gasteiger partial charge is 0.242 e. The Morgan fingerprint density at radius 2 is 1.70 bits per heavy atom. The number of hydrogen-bond acceptors (Lipinski definition) is 8. The Balaban J connectivity index is 1.54. The molecule has 238 valence electrons. The van der Waals surface area contributed by atoms with Crippen LogP contribution in [0.4, 0.5) is 0 Å². The zero-order chi connectivity index (χ0) is 31.5. The molecule has 0 unspecified atom stereocenters. The summed E-state index contributed by atoms with van der Waals surface area (Å²) in [4.78, 5) is 27.7. The van der Waals surface area contributed by atoms with Gasteiger partial charge in [0.25, 0.3) is 0 Å². The van der Waals surface area contributed by atoms with E-state index < -0.39 is 27.2 Å². The first kappa shape index (κ1) is 34.5. The molecule has 3 rings (SSSR count). The van der Waals surface area contributed by atoms with Gasteiger partial charge in [0.2, 0.25) is 11.8 Å². The Kier molecular flexibility index (Phi) is 13.0. The molecule has 0 bridgehead atoms. The van der Waals surface area contributed by atoms with Gasteiger partial charge in [0, 0.05) is 19.1 Å². The van der Waals surface area contributed by atoms with Crippen LogP contribution in [0.1, 0.15) is 58.1 Å². The lowest BCUT2D eigenvalue weighted by molar-refractivity contribution is -0.130. The first-order valence-electron chi connectivity index (χ1n) is 15.1. The lowest BCUT2D eigenvalue weighted by atomic mass is 10.00. The van der Waals surface area contributed by atoms with Gasteiger partial charge in [-0.1, -0.05) is 44.2 Å². The van der Waals surface area contributed by atoms with Crippen molar-refractivity contribution in [2.45, 2.75) is 69.0 Å². The highest BCUT2D eigenvalue weighted by Crippen LogP contribution is 2.22. The molecule has 11 heteroatoms. The third-order valence-corrected chi connectivity index (χ3v) is 9.64. The molecule has 1 saturated heterocycles. The number of sulfone groups is 1. The van der Waals surface area contributed by atoms with Gasteiger partial charge in [-0.05, 0) is 81.4 Å². The highest BCUT2D eigenvalue weighted by Gasteiger charge is 2.31. The van der Waals surface area contributed by atoms with E-state index in [-0.39, 0.29) is 35.2 Å². The summed E-state index contributed by atoms with van der Waals surface area (Å²) in [5.41, 5.74) is -0.533. The maximum Gasteiger partial charge on any atom is 0.242 e. The molecule has 1 heterocycles. The molecule has 10 nitrogen and oxygen atoms in total. The van der Waals surface area contributed by atoms with Crippen molar-refractivity contribution in [2.24, 2.45) is 5.92 Å². The Morgan fingerprint density at radius 3 is 2.30 bits per heavy atom. The van der Waals surface area contributed by atoms with Crippen LogP contribution in [0.5, 0.6) is 5.75 Å². The molecule has 1 fully saturated rings. The van der Waals surface area contributed by atoms with Crippen molar-refractivity contribution in [3.05, 3.63) is 60.2 Å². The number of nitrogens with zero attached hydrogens (tertiary/aromatic N) is 1. The SMILES string of the molecule is COc1ccc(S(=O)(=O)C[C@](C)(O)CN[C@@H](CCCNC(=O)[C@@H](NC(=O)CN2CCCC2)C(C)C)c2ccccc2)cc1. The number of methoxy groups -OCH3 is 1. The molecule has 2 aromatic rings. The summed E-state index contributed by atoms with van der Waals surface area (Å²) >= 11 is 0. The van der Waals surface area contributed by atoms with E-state index in [1.165, 1.54) is 26.2 Å². The van der Waals surface area contributed by atoms with E-state index in [9.17, 15) is 23.1 Å². The van der Waals surface area contributed by atoms with Gasteiger partial charge < -0.3 is 25.8 Å². The molecule has 3 atom stereocenters. The van der Waals surface area contributed by atoms with Crippen molar-refractivity contribution in [1.82, 2.24) is 20.9 Å². The van der Waals surface area contributed by atoms with Crippen molar-refractivity contribution < 1.29 is 27.9 Å². The normalized spacial score (nSPS) is 16.8. The van der Waals surface area contributed by atoms with Gasteiger partial charge >= 0.3 is 0 Å². The predicted octanol–water partition coefficient (Wildman–Crippen LogP) is 2.68. The van der Waals surface area contributed by atoms with Gasteiger partial charge in [-0.15, -0.1) is 0 Å². The maximum atomic E-state index is 13.0. The Morgan fingerprint density at radius 1 is 1.05 bits per heavy atom. The molecule has 43 heavy (non-hydrogen) atoms. The van der Waals surface area contributed by atoms with Crippen LogP contribution in [0.15, 0.2) is 59.5 Å². The Bertz CT molecular complexity index is 1260. The highest BCUT2D eigenvalue weighted by molar-refractivity contribution is 7.91. The molecule has 0 aliphatic carbocycles. The summed E-state index contributed by atoms with van der Waals surface area (Å²) in [6.07, 6.45) is 3.47. The zero-order valence-corrected chi connectivity index (χ0v) is 26.7. The van der Waals surface area contributed by atoms with Crippen LogP contribution < -0.4 is 20.7 Å². The molecule has 0 spiro atoms. The molecule has 1 aliphatic rings. The first-order chi connectivity index (χ1) is 20.4. The minimum absolute atomic E-state index is 0.0484. The lowest BCUT2D eigenvalue weighted by Crippen LogP contribution is -2.52. The second kappa shape index (κ2) is 16.2. The first-order valence-corrected chi connectivity index (χ1v) is 16.7. The van der Waals surface area contributed by atoms with Gasteiger partial charge in [-0.2, -0.15) is 0 Å². The van der Waals surface area contributed by atoms with Crippen molar-refractivity contribution in [2.75, 3.05) is 45.6 Å². The van der Waals surface area contributed by atoms with E-state index in [1.807, 2.05) is 44.2 Å².